The molecule has 0 aromatic heterocycles. The van der Waals surface area contributed by atoms with Crippen LogP contribution in [-0.2, 0) is 4.79 Å². The van der Waals surface area contributed by atoms with E-state index in [0.717, 1.165) is 31.3 Å². The number of allylic oxidation sites excluding steroid dienone is 4. The van der Waals surface area contributed by atoms with E-state index < -0.39 is 5.97 Å². The summed E-state index contributed by atoms with van der Waals surface area (Å²) in [5.74, 6) is 0.620. The van der Waals surface area contributed by atoms with Gasteiger partial charge in [-0.2, -0.15) is 0 Å². The van der Waals surface area contributed by atoms with Gasteiger partial charge < -0.3 is 10.2 Å². The Bertz CT molecular complexity index is 486. The highest BCUT2D eigenvalue weighted by atomic mass is 16.4. The second kappa shape index (κ2) is 14.7. The van der Waals surface area contributed by atoms with Crippen molar-refractivity contribution in [2.75, 3.05) is 0 Å². The molecule has 1 aliphatic carbocycles. The van der Waals surface area contributed by atoms with Crippen molar-refractivity contribution in [3.63, 3.8) is 0 Å². The van der Waals surface area contributed by atoms with Crippen LogP contribution in [0, 0.1) is 11.8 Å². The Balaban J connectivity index is 2.26. The SMILES string of the molecule is CCCCCCCCC(CC(O)C=C(C)CCC=CC=CC(=O)O)C1CC1. The minimum atomic E-state index is -0.926. The first-order chi connectivity index (χ1) is 13.0. The number of aliphatic hydroxyl groups excluding tert-OH is 1. The van der Waals surface area contributed by atoms with E-state index in [9.17, 15) is 9.90 Å². The number of carboxylic acid groups (broad SMARTS) is 1. The Labute approximate surface area is 166 Å². The Hall–Kier alpha value is -1.35. The zero-order valence-electron chi connectivity index (χ0n) is 17.4. The molecule has 2 unspecified atom stereocenters. The minimum absolute atomic E-state index is 0.327. The Morgan fingerprint density at radius 3 is 2.48 bits per heavy atom. The van der Waals surface area contributed by atoms with E-state index in [2.05, 4.69) is 13.8 Å². The van der Waals surface area contributed by atoms with Gasteiger partial charge in [0.2, 0.25) is 0 Å². The summed E-state index contributed by atoms with van der Waals surface area (Å²) in [5, 5.41) is 19.0. The number of aliphatic hydroxyl groups is 1. The molecule has 0 saturated heterocycles. The quantitative estimate of drug-likeness (QED) is 0.141. The molecule has 0 bridgehead atoms. The first-order valence-electron chi connectivity index (χ1n) is 10.9. The summed E-state index contributed by atoms with van der Waals surface area (Å²) in [6, 6.07) is 0. The second-order valence-electron chi connectivity index (χ2n) is 8.13. The lowest BCUT2D eigenvalue weighted by Gasteiger charge is -2.19. The van der Waals surface area contributed by atoms with Gasteiger partial charge in [0.05, 0.1) is 6.10 Å². The predicted molar refractivity (Wildman–Crippen MR) is 114 cm³/mol. The van der Waals surface area contributed by atoms with Crippen molar-refractivity contribution in [1.29, 1.82) is 0 Å². The van der Waals surface area contributed by atoms with Crippen molar-refractivity contribution in [1.82, 2.24) is 0 Å². The van der Waals surface area contributed by atoms with Gasteiger partial charge in [-0.05, 0) is 50.9 Å². The molecule has 1 saturated carbocycles. The molecule has 0 heterocycles. The third-order valence-corrected chi connectivity index (χ3v) is 5.43. The fraction of sp³-hybridized carbons (Fsp3) is 0.708. The number of hydrogen-bond donors (Lipinski definition) is 2. The lowest BCUT2D eigenvalue weighted by Crippen LogP contribution is -2.14. The molecule has 1 aliphatic rings. The molecule has 3 heteroatoms. The van der Waals surface area contributed by atoms with Crippen LogP contribution in [0.3, 0.4) is 0 Å². The zero-order valence-corrected chi connectivity index (χ0v) is 17.4. The molecule has 2 N–H and O–H groups in total. The van der Waals surface area contributed by atoms with Gasteiger partial charge in [0.25, 0.3) is 0 Å². The number of rotatable bonds is 16. The highest BCUT2D eigenvalue weighted by Crippen LogP contribution is 2.41. The van der Waals surface area contributed by atoms with Crippen LogP contribution in [0.4, 0.5) is 0 Å². The summed E-state index contributed by atoms with van der Waals surface area (Å²) in [7, 11) is 0. The third-order valence-electron chi connectivity index (χ3n) is 5.43. The lowest BCUT2D eigenvalue weighted by molar-refractivity contribution is -0.131. The highest BCUT2D eigenvalue weighted by Gasteiger charge is 2.31. The van der Waals surface area contributed by atoms with Gasteiger partial charge in [-0.3, -0.25) is 0 Å². The van der Waals surface area contributed by atoms with Crippen LogP contribution in [0.5, 0.6) is 0 Å². The predicted octanol–water partition coefficient (Wildman–Crippen LogP) is 6.44. The molecule has 1 rings (SSSR count). The summed E-state index contributed by atoms with van der Waals surface area (Å²) in [5.41, 5.74) is 1.21. The molecule has 0 radical (unpaired) electrons. The van der Waals surface area contributed by atoms with E-state index in [1.165, 1.54) is 63.4 Å². The van der Waals surface area contributed by atoms with Crippen molar-refractivity contribution >= 4 is 5.97 Å². The van der Waals surface area contributed by atoms with Crippen LogP contribution < -0.4 is 0 Å². The van der Waals surface area contributed by atoms with Crippen LogP contribution in [0.15, 0.2) is 36.0 Å². The summed E-state index contributed by atoms with van der Waals surface area (Å²) in [6.07, 6.45) is 22.8. The Morgan fingerprint density at radius 2 is 1.81 bits per heavy atom. The van der Waals surface area contributed by atoms with Crippen molar-refractivity contribution in [2.24, 2.45) is 11.8 Å². The van der Waals surface area contributed by atoms with Crippen molar-refractivity contribution in [2.45, 2.75) is 97.0 Å². The average Bonchev–Trinajstić information content (AvgIpc) is 3.44. The Kier molecular flexibility index (Phi) is 12.9. The standard InChI is InChI=1S/C24H40O3/c1-3-4-5-6-7-11-14-22(21-16-17-21)19-23(25)18-20(2)13-10-8-9-12-15-24(26)27/h8-9,12,15,18,21-23,25H,3-7,10-11,13-14,16-17,19H2,1-2H3,(H,26,27). The van der Waals surface area contributed by atoms with Gasteiger partial charge in [0, 0.05) is 6.08 Å². The summed E-state index contributed by atoms with van der Waals surface area (Å²) in [4.78, 5) is 10.4. The van der Waals surface area contributed by atoms with E-state index in [4.69, 9.17) is 5.11 Å². The number of aliphatic carboxylic acids is 1. The van der Waals surface area contributed by atoms with Gasteiger partial charge in [-0.15, -0.1) is 0 Å². The smallest absolute Gasteiger partial charge is 0.328 e. The summed E-state index contributed by atoms with van der Waals surface area (Å²) in [6.45, 7) is 4.33. The molecule has 1 fully saturated rings. The number of unbranched alkanes of at least 4 members (excludes halogenated alkanes) is 5. The van der Waals surface area contributed by atoms with Crippen LogP contribution >= 0.6 is 0 Å². The van der Waals surface area contributed by atoms with Crippen LogP contribution in [0.1, 0.15) is 90.9 Å². The first-order valence-corrected chi connectivity index (χ1v) is 10.9. The highest BCUT2D eigenvalue weighted by molar-refractivity contribution is 5.80. The molecule has 27 heavy (non-hydrogen) atoms. The molecular weight excluding hydrogens is 336 g/mol. The molecule has 0 aromatic rings. The number of carbonyl (C=O) groups is 1. The van der Waals surface area contributed by atoms with E-state index in [-0.39, 0.29) is 6.10 Å². The average molecular weight is 377 g/mol. The van der Waals surface area contributed by atoms with Crippen LogP contribution in [-0.4, -0.2) is 22.3 Å². The first kappa shape index (κ1) is 23.7. The monoisotopic (exact) mass is 376 g/mol. The molecule has 0 amide bonds. The molecule has 0 aliphatic heterocycles. The van der Waals surface area contributed by atoms with E-state index in [1.54, 1.807) is 12.2 Å². The third kappa shape index (κ3) is 13.5. The van der Waals surface area contributed by atoms with Gasteiger partial charge in [-0.1, -0.05) is 81.7 Å². The maximum Gasteiger partial charge on any atom is 0.328 e. The van der Waals surface area contributed by atoms with Gasteiger partial charge in [0.15, 0.2) is 0 Å². The molecule has 154 valence electrons. The van der Waals surface area contributed by atoms with Gasteiger partial charge in [0.1, 0.15) is 0 Å². The van der Waals surface area contributed by atoms with Crippen LogP contribution in [0.25, 0.3) is 0 Å². The van der Waals surface area contributed by atoms with E-state index >= 15 is 0 Å². The normalized spacial score (nSPS) is 17.7. The number of carboxylic acids is 1. The summed E-state index contributed by atoms with van der Waals surface area (Å²) < 4.78 is 0. The molecule has 2 atom stereocenters. The topological polar surface area (TPSA) is 57.5 Å². The van der Waals surface area contributed by atoms with E-state index in [1.807, 2.05) is 12.2 Å². The molecule has 3 nitrogen and oxygen atoms in total. The molecule has 0 aromatic carbocycles. The van der Waals surface area contributed by atoms with Crippen molar-refractivity contribution in [3.8, 4) is 0 Å². The maximum atomic E-state index is 10.5. The zero-order chi connectivity index (χ0) is 19.9. The molecule has 0 spiro atoms. The van der Waals surface area contributed by atoms with Gasteiger partial charge in [-0.25, -0.2) is 4.79 Å². The minimum Gasteiger partial charge on any atom is -0.478 e. The second-order valence-corrected chi connectivity index (χ2v) is 8.13. The van der Waals surface area contributed by atoms with Gasteiger partial charge >= 0.3 is 5.97 Å². The van der Waals surface area contributed by atoms with Crippen LogP contribution in [0.2, 0.25) is 0 Å². The van der Waals surface area contributed by atoms with E-state index in [0.29, 0.717) is 5.92 Å². The van der Waals surface area contributed by atoms with Crippen molar-refractivity contribution < 1.29 is 15.0 Å². The Morgan fingerprint density at radius 1 is 1.11 bits per heavy atom. The largest absolute Gasteiger partial charge is 0.478 e. The molecular formula is C24H40O3. The maximum absolute atomic E-state index is 10.5. The summed E-state index contributed by atoms with van der Waals surface area (Å²) >= 11 is 0. The van der Waals surface area contributed by atoms with Crippen molar-refractivity contribution in [3.05, 3.63) is 36.0 Å². The lowest BCUT2D eigenvalue weighted by atomic mass is 9.89. The fourth-order valence-electron chi connectivity index (χ4n) is 3.71. The number of hydrogen-bond acceptors (Lipinski definition) is 2. The fourth-order valence-corrected chi connectivity index (χ4v) is 3.71.